The van der Waals surface area contributed by atoms with Gasteiger partial charge in [-0.3, -0.25) is 0 Å². The molecule has 3 heteroatoms. The van der Waals surface area contributed by atoms with E-state index in [1.54, 1.807) is 0 Å². The molecule has 8 aromatic rings. The molecule has 9 rings (SSSR count). The van der Waals surface area contributed by atoms with Crippen molar-refractivity contribution < 1.29 is 4.74 Å². The van der Waals surface area contributed by atoms with E-state index in [4.69, 9.17) is 4.74 Å². The maximum Gasteiger partial charge on any atom is 0.151 e. The van der Waals surface area contributed by atoms with Crippen molar-refractivity contribution in [2.24, 2.45) is 0 Å². The molecule has 8 aromatic carbocycles. The van der Waals surface area contributed by atoms with Crippen molar-refractivity contribution in [2.75, 3.05) is 9.80 Å². The fourth-order valence-electron chi connectivity index (χ4n) is 6.69. The lowest BCUT2D eigenvalue weighted by atomic mass is 10.0. The molecule has 1 heterocycles. The SMILES string of the molecule is c1cc(-c2ccc(N(c3ccc4ccccc4c3)c3ccc4ccccc4c3)cc2)cc(N2c3ccccc3Oc3ccccc32)c1. The van der Waals surface area contributed by atoms with Gasteiger partial charge in [0, 0.05) is 22.7 Å². The highest BCUT2D eigenvalue weighted by Crippen LogP contribution is 2.50. The molecule has 0 atom stereocenters. The second kappa shape index (κ2) is 11.2. The lowest BCUT2D eigenvalue weighted by Crippen LogP contribution is -2.15. The number of nitrogens with zero attached hydrogens (tertiary/aromatic N) is 2. The van der Waals surface area contributed by atoms with E-state index in [1.807, 2.05) is 24.3 Å². The molecule has 1 aliphatic heterocycles. The van der Waals surface area contributed by atoms with Gasteiger partial charge in [-0.2, -0.15) is 0 Å². The van der Waals surface area contributed by atoms with Crippen LogP contribution in [0.3, 0.4) is 0 Å². The number of hydrogen-bond acceptors (Lipinski definition) is 3. The molecule has 0 aliphatic carbocycles. The Hall–Kier alpha value is -6.32. The van der Waals surface area contributed by atoms with Crippen LogP contribution in [0.25, 0.3) is 32.7 Å². The third-order valence-corrected chi connectivity index (χ3v) is 8.98. The molecule has 0 bridgehead atoms. The van der Waals surface area contributed by atoms with Crippen LogP contribution in [-0.4, -0.2) is 0 Å². The number of anilines is 6. The van der Waals surface area contributed by atoms with Crippen molar-refractivity contribution >= 4 is 55.7 Å². The molecule has 0 saturated carbocycles. The van der Waals surface area contributed by atoms with Gasteiger partial charge in [-0.15, -0.1) is 0 Å². The van der Waals surface area contributed by atoms with Crippen molar-refractivity contribution in [3.05, 3.63) is 182 Å². The summed E-state index contributed by atoms with van der Waals surface area (Å²) in [6, 6.07) is 64.5. The Morgan fingerprint density at radius 3 is 1.47 bits per heavy atom. The van der Waals surface area contributed by atoms with Gasteiger partial charge in [0.05, 0.1) is 11.4 Å². The zero-order valence-electron chi connectivity index (χ0n) is 25.6. The molecule has 0 amide bonds. The highest BCUT2D eigenvalue weighted by molar-refractivity contribution is 5.93. The van der Waals surface area contributed by atoms with Gasteiger partial charge in [-0.25, -0.2) is 0 Å². The minimum Gasteiger partial charge on any atom is -0.453 e. The predicted octanol–water partition coefficient (Wildman–Crippen LogP) is 12.7. The molecule has 3 nitrogen and oxygen atoms in total. The number of ether oxygens (including phenoxy) is 1. The Bertz CT molecular complexity index is 2290. The zero-order valence-corrected chi connectivity index (χ0v) is 25.6. The smallest absolute Gasteiger partial charge is 0.151 e. The van der Waals surface area contributed by atoms with E-state index >= 15 is 0 Å². The van der Waals surface area contributed by atoms with Crippen LogP contribution in [0.1, 0.15) is 0 Å². The van der Waals surface area contributed by atoms with Crippen molar-refractivity contribution in [3.63, 3.8) is 0 Å². The first-order valence-corrected chi connectivity index (χ1v) is 15.9. The van der Waals surface area contributed by atoms with Crippen LogP contribution < -0.4 is 14.5 Å². The number of rotatable bonds is 5. The van der Waals surface area contributed by atoms with Gasteiger partial charge in [-0.1, -0.05) is 109 Å². The highest BCUT2D eigenvalue weighted by atomic mass is 16.5. The molecule has 47 heavy (non-hydrogen) atoms. The third-order valence-electron chi connectivity index (χ3n) is 8.98. The van der Waals surface area contributed by atoms with Crippen molar-refractivity contribution in [1.82, 2.24) is 0 Å². The normalized spacial score (nSPS) is 12.0. The average molecular weight is 603 g/mol. The van der Waals surface area contributed by atoms with Crippen LogP contribution in [0.15, 0.2) is 182 Å². The number of benzene rings is 8. The van der Waals surface area contributed by atoms with Crippen LogP contribution in [0.2, 0.25) is 0 Å². The average Bonchev–Trinajstić information content (AvgIpc) is 3.14. The highest BCUT2D eigenvalue weighted by Gasteiger charge is 2.25. The molecular formula is C44H30N2O. The molecule has 0 spiro atoms. The van der Waals surface area contributed by atoms with Crippen LogP contribution in [0, 0.1) is 0 Å². The van der Waals surface area contributed by atoms with Crippen LogP contribution in [0.4, 0.5) is 34.1 Å². The standard InChI is InChI=1S/C44H30N2O/c1-3-12-34-29-39(26-22-31(34)10-1)45(40-27-23-32-11-2-4-13-35(32)30-40)37-24-20-33(21-25-37)36-14-9-15-38(28-36)46-41-16-5-7-18-43(41)47-44-19-8-6-17-42(44)46/h1-30H. The van der Waals surface area contributed by atoms with Gasteiger partial charge in [0.2, 0.25) is 0 Å². The summed E-state index contributed by atoms with van der Waals surface area (Å²) in [5, 5.41) is 4.90. The predicted molar refractivity (Wildman–Crippen MR) is 196 cm³/mol. The Kier molecular flexibility index (Phi) is 6.46. The molecular weight excluding hydrogens is 572 g/mol. The van der Waals surface area contributed by atoms with Crippen LogP contribution in [0.5, 0.6) is 11.5 Å². The second-order valence-corrected chi connectivity index (χ2v) is 11.9. The number of para-hydroxylation sites is 4. The van der Waals surface area contributed by atoms with Crippen LogP contribution in [-0.2, 0) is 0 Å². The lowest BCUT2D eigenvalue weighted by molar-refractivity contribution is 0.477. The van der Waals surface area contributed by atoms with Gasteiger partial charge < -0.3 is 14.5 Å². The second-order valence-electron chi connectivity index (χ2n) is 11.9. The number of hydrogen-bond donors (Lipinski definition) is 0. The minimum atomic E-state index is 0.850. The first-order chi connectivity index (χ1) is 23.3. The van der Waals surface area contributed by atoms with Gasteiger partial charge in [0.1, 0.15) is 0 Å². The Morgan fingerprint density at radius 2 is 0.872 bits per heavy atom. The fraction of sp³-hybridized carbons (Fsp3) is 0. The van der Waals surface area contributed by atoms with E-state index in [9.17, 15) is 0 Å². The van der Waals surface area contributed by atoms with Crippen LogP contribution >= 0.6 is 0 Å². The summed E-state index contributed by atoms with van der Waals surface area (Å²) in [6.45, 7) is 0. The Morgan fingerprint density at radius 1 is 0.362 bits per heavy atom. The van der Waals surface area contributed by atoms with Gasteiger partial charge >= 0.3 is 0 Å². The molecule has 0 N–H and O–H groups in total. The Balaban J connectivity index is 1.12. The fourth-order valence-corrected chi connectivity index (χ4v) is 6.69. The summed E-state index contributed by atoms with van der Waals surface area (Å²) in [4.78, 5) is 4.63. The monoisotopic (exact) mass is 602 g/mol. The summed E-state index contributed by atoms with van der Waals surface area (Å²) < 4.78 is 6.25. The van der Waals surface area contributed by atoms with E-state index in [2.05, 4.69) is 168 Å². The lowest BCUT2D eigenvalue weighted by Gasteiger charge is -2.33. The van der Waals surface area contributed by atoms with E-state index in [0.29, 0.717) is 0 Å². The molecule has 0 fully saturated rings. The molecule has 222 valence electrons. The largest absolute Gasteiger partial charge is 0.453 e. The maximum atomic E-state index is 6.25. The molecule has 0 saturated heterocycles. The molecule has 0 radical (unpaired) electrons. The third kappa shape index (κ3) is 4.86. The summed E-state index contributed by atoms with van der Waals surface area (Å²) in [5.41, 5.74) is 8.80. The van der Waals surface area contributed by atoms with Gasteiger partial charge in [0.15, 0.2) is 11.5 Å². The van der Waals surface area contributed by atoms with Crippen molar-refractivity contribution in [2.45, 2.75) is 0 Å². The first kappa shape index (κ1) is 27.0. The van der Waals surface area contributed by atoms with Gasteiger partial charge in [0.25, 0.3) is 0 Å². The van der Waals surface area contributed by atoms with E-state index in [-0.39, 0.29) is 0 Å². The minimum absolute atomic E-state index is 0.850. The van der Waals surface area contributed by atoms with E-state index in [0.717, 1.165) is 56.8 Å². The van der Waals surface area contributed by atoms with E-state index < -0.39 is 0 Å². The summed E-state index contributed by atoms with van der Waals surface area (Å²) in [5.74, 6) is 1.70. The van der Waals surface area contributed by atoms with Crippen molar-refractivity contribution in [3.8, 4) is 22.6 Å². The summed E-state index contributed by atoms with van der Waals surface area (Å²) in [6.07, 6.45) is 0. The number of fused-ring (bicyclic) bond motifs is 4. The summed E-state index contributed by atoms with van der Waals surface area (Å²) >= 11 is 0. The maximum absolute atomic E-state index is 6.25. The molecule has 0 aromatic heterocycles. The molecule has 1 aliphatic rings. The summed E-state index contributed by atoms with van der Waals surface area (Å²) in [7, 11) is 0. The first-order valence-electron chi connectivity index (χ1n) is 15.9. The quantitative estimate of drug-likeness (QED) is 0.195. The Labute approximate surface area is 274 Å². The zero-order chi connectivity index (χ0) is 31.2. The molecule has 0 unspecified atom stereocenters. The topological polar surface area (TPSA) is 15.7 Å². The van der Waals surface area contributed by atoms with Gasteiger partial charge in [-0.05, 0) is 105 Å². The van der Waals surface area contributed by atoms with Crippen molar-refractivity contribution in [1.29, 1.82) is 0 Å². The van der Waals surface area contributed by atoms with E-state index in [1.165, 1.54) is 21.5 Å².